The summed E-state index contributed by atoms with van der Waals surface area (Å²) in [6, 6.07) is 1.41. The van der Waals surface area contributed by atoms with Crippen molar-refractivity contribution in [3.63, 3.8) is 0 Å². The van der Waals surface area contributed by atoms with Crippen LogP contribution >= 0.6 is 0 Å². The van der Waals surface area contributed by atoms with Gasteiger partial charge in [-0.25, -0.2) is 0 Å². The van der Waals surface area contributed by atoms with Crippen molar-refractivity contribution in [2.45, 2.75) is 76.9 Å². The largest absolute Gasteiger partial charge is 0.342 e. The predicted octanol–water partition coefficient (Wildman–Crippen LogP) is 2.47. The fourth-order valence-electron chi connectivity index (χ4n) is 5.25. The molecule has 1 heterocycles. The zero-order valence-corrected chi connectivity index (χ0v) is 15.2. The van der Waals surface area contributed by atoms with Gasteiger partial charge in [0.2, 0.25) is 5.91 Å². The highest BCUT2D eigenvalue weighted by Crippen LogP contribution is 2.42. The van der Waals surface area contributed by atoms with Gasteiger partial charge in [0, 0.05) is 44.2 Å². The van der Waals surface area contributed by atoms with Crippen molar-refractivity contribution in [2.75, 3.05) is 20.1 Å². The monoisotopic (exact) mass is 321 g/mol. The Morgan fingerprint density at radius 2 is 1.65 bits per heavy atom. The molecule has 0 radical (unpaired) electrons. The third-order valence-corrected chi connectivity index (χ3v) is 6.89. The molecule has 0 spiro atoms. The average Bonchev–Trinajstić information content (AvgIpc) is 2.53. The number of hydrogen-bond donors (Lipinski definition) is 1. The molecule has 2 atom stereocenters. The molecule has 4 nitrogen and oxygen atoms in total. The molecule has 2 unspecified atom stereocenters. The van der Waals surface area contributed by atoms with Crippen molar-refractivity contribution < 1.29 is 4.79 Å². The van der Waals surface area contributed by atoms with Crippen molar-refractivity contribution in [2.24, 2.45) is 23.5 Å². The number of piperidine rings is 1. The maximum absolute atomic E-state index is 13.0. The molecule has 0 aromatic heterocycles. The molecule has 4 heteroatoms. The molecular weight excluding hydrogens is 286 g/mol. The molecule has 23 heavy (non-hydrogen) atoms. The Morgan fingerprint density at radius 1 is 1.09 bits per heavy atom. The molecule has 132 valence electrons. The Balaban J connectivity index is 1.56. The molecule has 2 aliphatic carbocycles. The Kier molecular flexibility index (Phi) is 5.32. The summed E-state index contributed by atoms with van der Waals surface area (Å²) < 4.78 is 0. The maximum atomic E-state index is 13.0. The van der Waals surface area contributed by atoms with Crippen LogP contribution in [-0.4, -0.2) is 54.0 Å². The van der Waals surface area contributed by atoms with Crippen molar-refractivity contribution >= 4 is 5.91 Å². The highest BCUT2D eigenvalue weighted by atomic mass is 16.2. The molecule has 0 aromatic carbocycles. The Labute approximate surface area is 141 Å². The second-order valence-electron chi connectivity index (χ2n) is 8.51. The van der Waals surface area contributed by atoms with Crippen LogP contribution in [0.1, 0.15) is 58.8 Å². The van der Waals surface area contributed by atoms with E-state index >= 15 is 0 Å². The lowest BCUT2D eigenvalue weighted by molar-refractivity contribution is -0.140. The molecule has 2 saturated carbocycles. The molecule has 2 bridgehead atoms. The van der Waals surface area contributed by atoms with E-state index in [9.17, 15) is 4.79 Å². The van der Waals surface area contributed by atoms with Gasteiger partial charge in [-0.05, 0) is 64.2 Å². The summed E-state index contributed by atoms with van der Waals surface area (Å²) in [6.45, 7) is 6.78. The summed E-state index contributed by atoms with van der Waals surface area (Å²) in [5.74, 6) is 1.82. The van der Waals surface area contributed by atoms with E-state index in [0.717, 1.165) is 38.8 Å². The Hall–Kier alpha value is -0.610. The number of nitrogens with two attached hydrogens (primary N) is 1. The van der Waals surface area contributed by atoms with Gasteiger partial charge in [-0.1, -0.05) is 6.42 Å². The first-order valence-corrected chi connectivity index (χ1v) is 9.73. The lowest BCUT2D eigenvalue weighted by Crippen LogP contribution is -2.52. The molecule has 1 saturated heterocycles. The number of fused-ring (bicyclic) bond motifs is 2. The van der Waals surface area contributed by atoms with Crippen molar-refractivity contribution in [3.8, 4) is 0 Å². The van der Waals surface area contributed by atoms with E-state index in [1.54, 1.807) is 0 Å². The first kappa shape index (κ1) is 17.2. The van der Waals surface area contributed by atoms with Gasteiger partial charge >= 0.3 is 0 Å². The summed E-state index contributed by atoms with van der Waals surface area (Å²) in [7, 11) is 2.04. The van der Waals surface area contributed by atoms with Gasteiger partial charge in [0.15, 0.2) is 0 Å². The quantitative estimate of drug-likeness (QED) is 0.869. The van der Waals surface area contributed by atoms with Crippen molar-refractivity contribution in [1.82, 2.24) is 9.80 Å². The highest BCUT2D eigenvalue weighted by Gasteiger charge is 2.42. The second-order valence-corrected chi connectivity index (χ2v) is 8.51. The van der Waals surface area contributed by atoms with E-state index in [1.807, 2.05) is 7.05 Å². The summed E-state index contributed by atoms with van der Waals surface area (Å²) in [5, 5.41) is 0. The van der Waals surface area contributed by atoms with Gasteiger partial charge in [0.05, 0.1) is 0 Å². The second kappa shape index (κ2) is 7.10. The number of amides is 1. The summed E-state index contributed by atoms with van der Waals surface area (Å²) in [4.78, 5) is 17.6. The average molecular weight is 322 g/mol. The number of carbonyl (C=O) groups is 1. The Bertz CT molecular complexity index is 403. The van der Waals surface area contributed by atoms with Gasteiger partial charge < -0.3 is 15.5 Å². The molecular formula is C19H35N3O. The lowest BCUT2D eigenvalue weighted by Gasteiger charge is -2.45. The number of hydrogen-bond acceptors (Lipinski definition) is 3. The third kappa shape index (κ3) is 3.58. The molecule has 3 fully saturated rings. The molecule has 2 N–H and O–H groups in total. The van der Waals surface area contributed by atoms with Crippen LogP contribution in [0.5, 0.6) is 0 Å². The van der Waals surface area contributed by atoms with E-state index in [4.69, 9.17) is 5.73 Å². The van der Waals surface area contributed by atoms with E-state index in [2.05, 4.69) is 23.6 Å². The molecule has 1 aliphatic heterocycles. The summed E-state index contributed by atoms with van der Waals surface area (Å²) in [6.07, 6.45) is 8.10. The molecule has 3 rings (SSSR count). The van der Waals surface area contributed by atoms with Gasteiger partial charge in [0.25, 0.3) is 0 Å². The van der Waals surface area contributed by atoms with Crippen LogP contribution in [0.4, 0.5) is 0 Å². The minimum absolute atomic E-state index is 0.234. The van der Waals surface area contributed by atoms with Gasteiger partial charge in [-0.15, -0.1) is 0 Å². The van der Waals surface area contributed by atoms with Gasteiger partial charge in [-0.2, -0.15) is 0 Å². The summed E-state index contributed by atoms with van der Waals surface area (Å²) in [5.41, 5.74) is 6.38. The van der Waals surface area contributed by atoms with E-state index in [-0.39, 0.29) is 5.92 Å². The topological polar surface area (TPSA) is 49.6 Å². The normalized spacial score (nSPS) is 36.2. The van der Waals surface area contributed by atoms with E-state index in [1.165, 1.54) is 19.3 Å². The molecule has 1 amide bonds. The fourth-order valence-corrected chi connectivity index (χ4v) is 5.25. The fraction of sp³-hybridized carbons (Fsp3) is 0.947. The van der Waals surface area contributed by atoms with Crippen LogP contribution < -0.4 is 5.73 Å². The van der Waals surface area contributed by atoms with Gasteiger partial charge in [0.1, 0.15) is 0 Å². The molecule has 3 aliphatic rings. The van der Waals surface area contributed by atoms with E-state index in [0.29, 0.717) is 35.9 Å². The van der Waals surface area contributed by atoms with E-state index < -0.39 is 0 Å². The highest BCUT2D eigenvalue weighted by molar-refractivity contribution is 5.79. The third-order valence-electron chi connectivity index (χ3n) is 6.89. The standard InChI is InChI=1S/C19H35N3O/c1-13(2)22-9-7-17(8-10-22)21(3)19(23)16-11-14-5-4-6-15(12-16)18(14)20/h13-18H,4-12,20H2,1-3H3. The predicted molar refractivity (Wildman–Crippen MR) is 94.0 cm³/mol. The maximum Gasteiger partial charge on any atom is 0.225 e. The smallest absolute Gasteiger partial charge is 0.225 e. The SMILES string of the molecule is CC(C)N1CCC(N(C)C(=O)C2CC3CCCC(C2)C3N)CC1. The van der Waals surface area contributed by atoms with Crippen LogP contribution in [0, 0.1) is 17.8 Å². The van der Waals surface area contributed by atoms with Crippen LogP contribution in [0.3, 0.4) is 0 Å². The molecule has 0 aromatic rings. The van der Waals surface area contributed by atoms with Crippen molar-refractivity contribution in [1.29, 1.82) is 0 Å². The van der Waals surface area contributed by atoms with Crippen LogP contribution in [0.25, 0.3) is 0 Å². The minimum Gasteiger partial charge on any atom is -0.342 e. The van der Waals surface area contributed by atoms with Crippen molar-refractivity contribution in [3.05, 3.63) is 0 Å². The number of likely N-dealkylation sites (tertiary alicyclic amines) is 1. The van der Waals surface area contributed by atoms with Crippen LogP contribution in [0.2, 0.25) is 0 Å². The number of nitrogens with zero attached hydrogens (tertiary/aromatic N) is 2. The minimum atomic E-state index is 0.234. The van der Waals surface area contributed by atoms with Gasteiger partial charge in [-0.3, -0.25) is 4.79 Å². The number of rotatable bonds is 3. The zero-order valence-electron chi connectivity index (χ0n) is 15.2. The first-order chi connectivity index (χ1) is 11.0. The summed E-state index contributed by atoms with van der Waals surface area (Å²) >= 11 is 0. The van der Waals surface area contributed by atoms with Crippen LogP contribution in [-0.2, 0) is 4.79 Å². The lowest BCUT2D eigenvalue weighted by atomic mass is 9.65. The number of carbonyl (C=O) groups excluding carboxylic acids is 1. The van der Waals surface area contributed by atoms with Crippen LogP contribution in [0.15, 0.2) is 0 Å². The Morgan fingerprint density at radius 3 is 2.17 bits per heavy atom. The zero-order chi connectivity index (χ0) is 16.6. The first-order valence-electron chi connectivity index (χ1n) is 9.73.